The summed E-state index contributed by atoms with van der Waals surface area (Å²) in [6, 6.07) is 3.09. The van der Waals surface area contributed by atoms with Gasteiger partial charge >= 0.3 is 0 Å². The minimum atomic E-state index is -0.429. The number of halogens is 1. The van der Waals surface area contributed by atoms with E-state index in [9.17, 15) is 9.90 Å². The van der Waals surface area contributed by atoms with Crippen LogP contribution in [0.25, 0.3) is 0 Å². The molecule has 1 unspecified atom stereocenters. The van der Waals surface area contributed by atoms with Gasteiger partial charge in [0.1, 0.15) is 5.15 Å². The minimum Gasteiger partial charge on any atom is -0.391 e. The molecule has 0 aromatic carbocycles. The quantitative estimate of drug-likeness (QED) is 0.779. The molecule has 2 rings (SSSR count). The van der Waals surface area contributed by atoms with Gasteiger partial charge < -0.3 is 10.4 Å². The Kier molecular flexibility index (Phi) is 3.41. The maximum absolute atomic E-state index is 11.6. The number of amides is 1. The Bertz CT molecular complexity index is 393. The van der Waals surface area contributed by atoms with E-state index in [1.165, 1.54) is 12.3 Å². The highest BCUT2D eigenvalue weighted by Gasteiger charge is 2.29. The molecule has 1 aromatic rings. The van der Waals surface area contributed by atoms with E-state index in [2.05, 4.69) is 10.3 Å². The Balaban J connectivity index is 1.87. The summed E-state index contributed by atoms with van der Waals surface area (Å²) in [5.41, 5.74) is 0.461. The van der Waals surface area contributed by atoms with E-state index < -0.39 is 6.10 Å². The highest BCUT2D eigenvalue weighted by atomic mass is 35.5. The van der Waals surface area contributed by atoms with Crippen molar-refractivity contribution in [1.29, 1.82) is 0 Å². The molecule has 0 aliphatic heterocycles. The monoisotopic (exact) mass is 240 g/mol. The molecule has 4 nitrogen and oxygen atoms in total. The van der Waals surface area contributed by atoms with E-state index >= 15 is 0 Å². The van der Waals surface area contributed by atoms with Crippen molar-refractivity contribution in [2.24, 2.45) is 5.92 Å². The molecule has 0 radical (unpaired) electrons. The van der Waals surface area contributed by atoms with Crippen molar-refractivity contribution in [3.05, 3.63) is 29.0 Å². The van der Waals surface area contributed by atoms with Crippen LogP contribution >= 0.6 is 11.6 Å². The van der Waals surface area contributed by atoms with Gasteiger partial charge in [-0.1, -0.05) is 11.6 Å². The minimum absolute atomic E-state index is 0.232. The molecule has 0 bridgehead atoms. The second-order valence-electron chi connectivity index (χ2n) is 3.98. The van der Waals surface area contributed by atoms with Crippen LogP contribution in [-0.2, 0) is 0 Å². The average Bonchev–Trinajstić information content (AvgIpc) is 3.09. The van der Waals surface area contributed by atoms with Gasteiger partial charge in [-0.05, 0) is 30.9 Å². The second-order valence-corrected chi connectivity index (χ2v) is 4.37. The SMILES string of the molecule is O=C(NCC(O)C1CC1)c1ccnc(Cl)c1. The van der Waals surface area contributed by atoms with Crippen molar-refractivity contribution in [3.63, 3.8) is 0 Å². The lowest BCUT2D eigenvalue weighted by molar-refractivity contribution is 0.0901. The fraction of sp³-hybridized carbons (Fsp3) is 0.455. The number of carbonyl (C=O) groups is 1. The maximum Gasteiger partial charge on any atom is 0.251 e. The van der Waals surface area contributed by atoms with E-state index in [0.717, 1.165) is 12.8 Å². The van der Waals surface area contributed by atoms with Crippen LogP contribution in [0, 0.1) is 5.92 Å². The standard InChI is InChI=1S/C11H13ClN2O2/c12-10-5-8(3-4-13-10)11(16)14-6-9(15)7-1-2-7/h3-5,7,9,15H,1-2,6H2,(H,14,16). The molecule has 1 heterocycles. The molecule has 1 aliphatic rings. The Labute approximate surface area is 98.6 Å². The maximum atomic E-state index is 11.6. The van der Waals surface area contributed by atoms with Crippen molar-refractivity contribution in [2.75, 3.05) is 6.54 Å². The third kappa shape index (κ3) is 2.93. The number of rotatable bonds is 4. The van der Waals surface area contributed by atoms with Gasteiger partial charge in [-0.2, -0.15) is 0 Å². The van der Waals surface area contributed by atoms with Gasteiger partial charge in [0.15, 0.2) is 0 Å². The molecule has 5 heteroatoms. The normalized spacial score (nSPS) is 16.9. The summed E-state index contributed by atoms with van der Waals surface area (Å²) < 4.78 is 0. The van der Waals surface area contributed by atoms with Crippen LogP contribution < -0.4 is 5.32 Å². The van der Waals surface area contributed by atoms with Gasteiger partial charge in [-0.25, -0.2) is 4.98 Å². The topological polar surface area (TPSA) is 62.2 Å². The van der Waals surface area contributed by atoms with E-state index in [0.29, 0.717) is 18.0 Å². The van der Waals surface area contributed by atoms with Crippen LogP contribution in [0.1, 0.15) is 23.2 Å². The number of hydrogen-bond acceptors (Lipinski definition) is 3. The highest BCUT2D eigenvalue weighted by molar-refractivity contribution is 6.29. The molecule has 1 amide bonds. The van der Waals surface area contributed by atoms with Crippen molar-refractivity contribution >= 4 is 17.5 Å². The molecule has 1 fully saturated rings. The van der Waals surface area contributed by atoms with Gasteiger partial charge in [0.05, 0.1) is 6.10 Å². The molecule has 0 saturated heterocycles. The fourth-order valence-corrected chi connectivity index (χ4v) is 1.66. The first-order chi connectivity index (χ1) is 7.66. The van der Waals surface area contributed by atoms with Crippen LogP contribution in [0.3, 0.4) is 0 Å². The summed E-state index contributed by atoms with van der Waals surface area (Å²) in [6.07, 6.45) is 3.16. The Hall–Kier alpha value is -1.13. The molecular formula is C11H13ClN2O2. The van der Waals surface area contributed by atoms with Gasteiger partial charge in [-0.3, -0.25) is 4.79 Å². The van der Waals surface area contributed by atoms with Crippen LogP contribution in [0.5, 0.6) is 0 Å². The highest BCUT2D eigenvalue weighted by Crippen LogP contribution is 2.32. The summed E-state index contributed by atoms with van der Waals surface area (Å²) in [5.74, 6) is 0.130. The van der Waals surface area contributed by atoms with Gasteiger partial charge in [0, 0.05) is 18.3 Å². The molecular weight excluding hydrogens is 228 g/mol. The summed E-state index contributed by atoms with van der Waals surface area (Å²) in [4.78, 5) is 15.4. The lowest BCUT2D eigenvalue weighted by Gasteiger charge is -2.10. The number of nitrogens with one attached hydrogen (secondary N) is 1. The number of nitrogens with zero attached hydrogens (tertiary/aromatic N) is 1. The summed E-state index contributed by atoms with van der Waals surface area (Å²) >= 11 is 5.67. The van der Waals surface area contributed by atoms with E-state index in [1.807, 2.05) is 0 Å². The third-order valence-corrected chi connectivity index (χ3v) is 2.83. The third-order valence-electron chi connectivity index (χ3n) is 2.63. The smallest absolute Gasteiger partial charge is 0.251 e. The lowest BCUT2D eigenvalue weighted by Crippen LogP contribution is -2.33. The number of aromatic nitrogens is 1. The molecule has 1 aliphatic carbocycles. The number of aliphatic hydroxyl groups is 1. The predicted octanol–water partition coefficient (Wildman–Crippen LogP) is 1.24. The van der Waals surface area contributed by atoms with Crippen molar-refractivity contribution < 1.29 is 9.90 Å². The predicted molar refractivity (Wildman–Crippen MR) is 60.3 cm³/mol. The molecule has 1 atom stereocenters. The lowest BCUT2D eigenvalue weighted by atomic mass is 10.2. The first-order valence-corrected chi connectivity index (χ1v) is 5.62. The summed E-state index contributed by atoms with van der Waals surface area (Å²) in [6.45, 7) is 0.295. The number of aliphatic hydroxyl groups excluding tert-OH is 1. The fourth-order valence-electron chi connectivity index (χ4n) is 1.49. The molecule has 86 valence electrons. The zero-order valence-corrected chi connectivity index (χ0v) is 9.44. The van der Waals surface area contributed by atoms with Crippen LogP contribution in [-0.4, -0.2) is 28.6 Å². The van der Waals surface area contributed by atoms with Crippen molar-refractivity contribution in [3.8, 4) is 0 Å². The van der Waals surface area contributed by atoms with Crippen LogP contribution in [0.15, 0.2) is 18.3 Å². The van der Waals surface area contributed by atoms with E-state index in [1.54, 1.807) is 6.07 Å². The molecule has 0 spiro atoms. The number of hydrogen-bond donors (Lipinski definition) is 2. The van der Waals surface area contributed by atoms with Crippen molar-refractivity contribution in [1.82, 2.24) is 10.3 Å². The zero-order valence-electron chi connectivity index (χ0n) is 8.69. The Morgan fingerprint density at radius 2 is 2.44 bits per heavy atom. The first-order valence-electron chi connectivity index (χ1n) is 5.24. The number of pyridine rings is 1. The first kappa shape index (κ1) is 11.4. The molecule has 1 saturated carbocycles. The summed E-state index contributed by atoms with van der Waals surface area (Å²) in [5, 5.41) is 12.5. The summed E-state index contributed by atoms with van der Waals surface area (Å²) in [7, 11) is 0. The van der Waals surface area contributed by atoms with Gasteiger partial charge in [0.2, 0.25) is 0 Å². The van der Waals surface area contributed by atoms with E-state index in [4.69, 9.17) is 11.6 Å². The Morgan fingerprint density at radius 3 is 3.06 bits per heavy atom. The van der Waals surface area contributed by atoms with Gasteiger partial charge in [0.25, 0.3) is 5.91 Å². The van der Waals surface area contributed by atoms with E-state index in [-0.39, 0.29) is 11.1 Å². The largest absolute Gasteiger partial charge is 0.391 e. The number of carbonyl (C=O) groups excluding carboxylic acids is 1. The molecule has 2 N–H and O–H groups in total. The Morgan fingerprint density at radius 1 is 1.69 bits per heavy atom. The van der Waals surface area contributed by atoms with Crippen LogP contribution in [0.4, 0.5) is 0 Å². The molecule has 1 aromatic heterocycles. The van der Waals surface area contributed by atoms with Gasteiger partial charge in [-0.15, -0.1) is 0 Å². The second kappa shape index (κ2) is 4.80. The van der Waals surface area contributed by atoms with Crippen molar-refractivity contribution in [2.45, 2.75) is 18.9 Å². The molecule has 16 heavy (non-hydrogen) atoms. The zero-order chi connectivity index (χ0) is 11.5. The van der Waals surface area contributed by atoms with Crippen LogP contribution in [0.2, 0.25) is 5.15 Å². The average molecular weight is 241 g/mol.